The number of aromatic nitrogens is 2. The minimum absolute atomic E-state index is 0.0817. The molecule has 1 amide bonds. The van der Waals surface area contributed by atoms with E-state index in [9.17, 15) is 9.59 Å². The van der Waals surface area contributed by atoms with Gasteiger partial charge >= 0.3 is 0 Å². The normalized spacial score (nSPS) is 10.7. The van der Waals surface area contributed by atoms with Gasteiger partial charge in [-0.15, -0.1) is 6.58 Å². The van der Waals surface area contributed by atoms with Crippen LogP contribution in [0.1, 0.15) is 0 Å². The SMILES string of the molecule is C=CCn1c(SCC(=O)N(C)c2ccccc2)nc2ccc(Cl)cc2c1=O. The zero-order valence-corrected chi connectivity index (χ0v) is 16.3. The Kier molecular flexibility index (Phi) is 5.98. The van der Waals surface area contributed by atoms with Gasteiger partial charge in [0.1, 0.15) is 0 Å². The Bertz CT molecular complexity index is 1050. The summed E-state index contributed by atoms with van der Waals surface area (Å²) in [5.74, 6) is 0.0791. The number of fused-ring (bicyclic) bond motifs is 1. The van der Waals surface area contributed by atoms with Gasteiger partial charge in [0.05, 0.1) is 16.7 Å². The standard InChI is InChI=1S/C20H18ClN3O2S/c1-3-11-24-19(26)16-12-14(21)9-10-17(16)22-20(24)27-13-18(25)23(2)15-7-5-4-6-8-15/h3-10,12H,1,11,13H2,2H3. The van der Waals surface area contributed by atoms with Crippen molar-refractivity contribution in [2.75, 3.05) is 17.7 Å². The van der Waals surface area contributed by atoms with Crippen molar-refractivity contribution in [1.82, 2.24) is 9.55 Å². The first-order chi connectivity index (χ1) is 13.0. The average molecular weight is 400 g/mol. The third-order valence-electron chi connectivity index (χ3n) is 4.04. The summed E-state index contributed by atoms with van der Waals surface area (Å²) in [4.78, 5) is 31.5. The van der Waals surface area contributed by atoms with Crippen LogP contribution in [0, 0.1) is 0 Å². The molecule has 3 rings (SSSR count). The number of hydrogen-bond donors (Lipinski definition) is 0. The van der Waals surface area contributed by atoms with Crippen molar-refractivity contribution in [2.45, 2.75) is 11.7 Å². The highest BCUT2D eigenvalue weighted by molar-refractivity contribution is 7.99. The number of allylic oxidation sites excluding steroid dienone is 1. The maximum Gasteiger partial charge on any atom is 0.262 e. The molecule has 1 aromatic heterocycles. The van der Waals surface area contributed by atoms with Crippen LogP contribution >= 0.6 is 23.4 Å². The monoisotopic (exact) mass is 399 g/mol. The summed E-state index contributed by atoms with van der Waals surface area (Å²) in [5, 5.41) is 1.40. The van der Waals surface area contributed by atoms with Gasteiger partial charge in [-0.1, -0.05) is 47.6 Å². The fourth-order valence-corrected chi connectivity index (χ4v) is 3.69. The van der Waals surface area contributed by atoms with Gasteiger partial charge in [0, 0.05) is 24.3 Å². The topological polar surface area (TPSA) is 55.2 Å². The first-order valence-corrected chi connectivity index (χ1v) is 9.63. The minimum Gasteiger partial charge on any atom is -0.315 e. The first kappa shape index (κ1) is 19.2. The molecule has 0 N–H and O–H groups in total. The number of carbonyl (C=O) groups is 1. The van der Waals surface area contributed by atoms with Crippen molar-refractivity contribution >= 4 is 45.9 Å². The Balaban J connectivity index is 1.88. The number of thioether (sulfide) groups is 1. The summed E-state index contributed by atoms with van der Waals surface area (Å²) < 4.78 is 1.51. The van der Waals surface area contributed by atoms with Crippen molar-refractivity contribution in [2.24, 2.45) is 0 Å². The third kappa shape index (κ3) is 4.23. The van der Waals surface area contributed by atoms with E-state index in [0.717, 1.165) is 5.69 Å². The second-order valence-electron chi connectivity index (χ2n) is 5.84. The van der Waals surface area contributed by atoms with Gasteiger partial charge in [0.25, 0.3) is 5.56 Å². The molecule has 0 aliphatic carbocycles. The lowest BCUT2D eigenvalue weighted by Crippen LogP contribution is -2.29. The average Bonchev–Trinajstić information content (AvgIpc) is 2.69. The van der Waals surface area contributed by atoms with Crippen LogP contribution in [0.2, 0.25) is 5.02 Å². The molecule has 0 radical (unpaired) electrons. The molecule has 0 aliphatic heterocycles. The molecule has 0 spiro atoms. The largest absolute Gasteiger partial charge is 0.315 e. The Labute approximate surface area is 166 Å². The maximum absolute atomic E-state index is 12.8. The number of hydrogen-bond acceptors (Lipinski definition) is 4. The molecule has 0 bridgehead atoms. The fourth-order valence-electron chi connectivity index (χ4n) is 2.59. The minimum atomic E-state index is -0.200. The van der Waals surface area contributed by atoms with Crippen LogP contribution in [-0.2, 0) is 11.3 Å². The third-order valence-corrected chi connectivity index (χ3v) is 5.23. The van der Waals surface area contributed by atoms with Crippen LogP contribution in [0.15, 0.2) is 71.1 Å². The summed E-state index contributed by atoms with van der Waals surface area (Å²) in [6.07, 6.45) is 1.63. The number of amides is 1. The molecule has 3 aromatic rings. The number of benzene rings is 2. The van der Waals surface area contributed by atoms with E-state index in [2.05, 4.69) is 11.6 Å². The van der Waals surface area contributed by atoms with E-state index in [4.69, 9.17) is 11.6 Å². The molecule has 2 aromatic carbocycles. The molecule has 1 heterocycles. The predicted octanol–water partition coefficient (Wildman–Crippen LogP) is 3.99. The van der Waals surface area contributed by atoms with Gasteiger partial charge < -0.3 is 4.90 Å². The zero-order valence-electron chi connectivity index (χ0n) is 14.8. The molecule has 0 saturated carbocycles. The predicted molar refractivity (Wildman–Crippen MR) is 112 cm³/mol. The second-order valence-corrected chi connectivity index (χ2v) is 7.22. The number of nitrogens with zero attached hydrogens (tertiary/aromatic N) is 3. The number of rotatable bonds is 6. The number of anilines is 1. The van der Waals surface area contributed by atoms with Gasteiger partial charge in [-0.25, -0.2) is 4.98 Å². The Morgan fingerprint density at radius 3 is 2.74 bits per heavy atom. The molecule has 7 heteroatoms. The van der Waals surface area contributed by atoms with E-state index in [-0.39, 0.29) is 17.2 Å². The second kappa shape index (κ2) is 8.41. The molecule has 0 unspecified atom stereocenters. The summed E-state index contributed by atoms with van der Waals surface area (Å²) >= 11 is 7.24. The van der Waals surface area contributed by atoms with E-state index in [0.29, 0.717) is 27.6 Å². The highest BCUT2D eigenvalue weighted by Crippen LogP contribution is 2.21. The van der Waals surface area contributed by atoms with Crippen LogP contribution in [0.5, 0.6) is 0 Å². The van der Waals surface area contributed by atoms with Gasteiger partial charge in [0.2, 0.25) is 5.91 Å². The number of halogens is 1. The van der Waals surface area contributed by atoms with Crippen molar-refractivity contribution in [1.29, 1.82) is 0 Å². The zero-order chi connectivity index (χ0) is 19.4. The highest BCUT2D eigenvalue weighted by Gasteiger charge is 2.15. The first-order valence-electron chi connectivity index (χ1n) is 8.26. The molecule has 0 aliphatic rings. The summed E-state index contributed by atoms with van der Waals surface area (Å²) in [6, 6.07) is 14.4. The summed E-state index contributed by atoms with van der Waals surface area (Å²) in [6.45, 7) is 4.01. The van der Waals surface area contributed by atoms with Crippen molar-refractivity contribution in [3.8, 4) is 0 Å². The quantitative estimate of drug-likeness (QED) is 0.357. The lowest BCUT2D eigenvalue weighted by Gasteiger charge is -2.17. The maximum atomic E-state index is 12.8. The van der Waals surface area contributed by atoms with E-state index >= 15 is 0 Å². The Morgan fingerprint density at radius 2 is 2.04 bits per heavy atom. The Morgan fingerprint density at radius 1 is 1.30 bits per heavy atom. The van der Waals surface area contributed by atoms with E-state index in [1.807, 2.05) is 30.3 Å². The number of carbonyl (C=O) groups excluding carboxylic acids is 1. The van der Waals surface area contributed by atoms with Crippen LogP contribution in [0.4, 0.5) is 5.69 Å². The molecule has 0 saturated heterocycles. The molecule has 0 atom stereocenters. The van der Waals surface area contributed by atoms with Crippen LogP contribution in [0.3, 0.4) is 0 Å². The van der Waals surface area contributed by atoms with Crippen LogP contribution in [0.25, 0.3) is 10.9 Å². The summed E-state index contributed by atoms with van der Waals surface area (Å²) in [5.41, 5.74) is 1.16. The van der Waals surface area contributed by atoms with E-state index < -0.39 is 0 Å². The van der Waals surface area contributed by atoms with Crippen LogP contribution < -0.4 is 10.5 Å². The molecule has 5 nitrogen and oxygen atoms in total. The van der Waals surface area contributed by atoms with Gasteiger partial charge in [-0.2, -0.15) is 0 Å². The van der Waals surface area contributed by atoms with Crippen molar-refractivity contribution in [3.63, 3.8) is 0 Å². The molecule has 138 valence electrons. The van der Waals surface area contributed by atoms with Crippen molar-refractivity contribution < 1.29 is 4.79 Å². The molecule has 27 heavy (non-hydrogen) atoms. The number of para-hydroxylation sites is 1. The fraction of sp³-hybridized carbons (Fsp3) is 0.150. The smallest absolute Gasteiger partial charge is 0.262 e. The van der Waals surface area contributed by atoms with Crippen molar-refractivity contribution in [3.05, 3.63) is 76.6 Å². The molecular weight excluding hydrogens is 382 g/mol. The lowest BCUT2D eigenvalue weighted by molar-refractivity contribution is -0.115. The van der Waals surface area contributed by atoms with E-state index in [1.54, 1.807) is 36.2 Å². The summed E-state index contributed by atoms with van der Waals surface area (Å²) in [7, 11) is 1.73. The molecular formula is C20H18ClN3O2S. The van der Waals surface area contributed by atoms with Gasteiger partial charge in [0.15, 0.2) is 5.16 Å². The van der Waals surface area contributed by atoms with E-state index in [1.165, 1.54) is 16.3 Å². The van der Waals surface area contributed by atoms with Crippen LogP contribution in [-0.4, -0.2) is 28.3 Å². The van der Waals surface area contributed by atoms with Gasteiger partial charge in [-0.3, -0.25) is 14.2 Å². The molecule has 0 fully saturated rings. The Hall–Kier alpha value is -2.57. The van der Waals surface area contributed by atoms with Gasteiger partial charge in [-0.05, 0) is 30.3 Å². The highest BCUT2D eigenvalue weighted by atomic mass is 35.5. The lowest BCUT2D eigenvalue weighted by atomic mass is 10.2.